The Morgan fingerprint density at radius 1 is 1.32 bits per heavy atom. The third kappa shape index (κ3) is 3.03. The smallest absolute Gasteiger partial charge is 0.127 e. The van der Waals surface area contributed by atoms with Gasteiger partial charge in [-0.15, -0.1) is 0 Å². The number of hydrogen-bond acceptors (Lipinski definition) is 1. The Hall–Kier alpha value is -0.410. The Balaban J connectivity index is 2.33. The van der Waals surface area contributed by atoms with Crippen LogP contribution in [0.1, 0.15) is 45.6 Å². The molecule has 1 aromatic rings. The average Bonchev–Trinajstić information content (AvgIpc) is 2.31. The van der Waals surface area contributed by atoms with Crippen LogP contribution in [0, 0.1) is 17.7 Å². The molecule has 0 aromatic heterocycles. The zero-order valence-electron chi connectivity index (χ0n) is 11.8. The molecule has 0 aliphatic heterocycles. The second kappa shape index (κ2) is 5.53. The van der Waals surface area contributed by atoms with Crippen molar-refractivity contribution in [1.82, 2.24) is 0 Å². The van der Waals surface area contributed by atoms with Gasteiger partial charge in [-0.05, 0) is 53.9 Å². The van der Waals surface area contributed by atoms with E-state index in [1.807, 2.05) is 19.9 Å². The Morgan fingerprint density at radius 3 is 2.63 bits per heavy atom. The summed E-state index contributed by atoms with van der Waals surface area (Å²) in [6.07, 6.45) is 2.56. The maximum Gasteiger partial charge on any atom is 0.127 e. The largest absolute Gasteiger partial charge is 0.393 e. The minimum absolute atomic E-state index is 0.118. The van der Waals surface area contributed by atoms with Crippen molar-refractivity contribution >= 4 is 15.9 Å². The highest BCUT2D eigenvalue weighted by Crippen LogP contribution is 2.43. The van der Waals surface area contributed by atoms with Crippen molar-refractivity contribution in [3.8, 4) is 0 Å². The van der Waals surface area contributed by atoms with E-state index >= 15 is 0 Å². The summed E-state index contributed by atoms with van der Waals surface area (Å²) in [5.41, 5.74) is 0.341. The summed E-state index contributed by atoms with van der Waals surface area (Å²) in [5, 5.41) is 10.4. The zero-order chi connectivity index (χ0) is 14.2. The molecule has 3 unspecified atom stereocenters. The van der Waals surface area contributed by atoms with Crippen molar-refractivity contribution in [2.75, 3.05) is 0 Å². The summed E-state index contributed by atoms with van der Waals surface area (Å²) >= 11 is 3.41. The Morgan fingerprint density at radius 2 is 2.00 bits per heavy atom. The van der Waals surface area contributed by atoms with Crippen LogP contribution in [-0.2, 0) is 5.41 Å². The number of rotatable bonds is 2. The monoisotopic (exact) mass is 328 g/mol. The topological polar surface area (TPSA) is 20.2 Å². The number of halogens is 2. The molecule has 0 bridgehead atoms. The van der Waals surface area contributed by atoms with E-state index in [9.17, 15) is 9.50 Å². The van der Waals surface area contributed by atoms with Crippen LogP contribution >= 0.6 is 15.9 Å². The molecule has 3 atom stereocenters. The summed E-state index contributed by atoms with van der Waals surface area (Å²) in [6, 6.07) is 5.06. The molecule has 1 aliphatic rings. The molecule has 0 saturated heterocycles. The standard InChI is InChI=1S/C16H22BrFO/c1-10-4-6-12(15(19)8-10)16(2,3)13-9-11(17)5-7-14(13)18/h5,7,9-10,12,15,19H,4,6,8H2,1-3H3. The fourth-order valence-electron chi connectivity index (χ4n) is 3.38. The van der Waals surface area contributed by atoms with Crippen molar-refractivity contribution in [2.45, 2.75) is 51.6 Å². The van der Waals surface area contributed by atoms with Crippen molar-refractivity contribution < 1.29 is 9.50 Å². The summed E-state index contributed by atoms with van der Waals surface area (Å²) in [7, 11) is 0. The molecule has 1 fully saturated rings. The van der Waals surface area contributed by atoms with E-state index in [1.54, 1.807) is 6.07 Å². The maximum absolute atomic E-state index is 14.1. The van der Waals surface area contributed by atoms with Crippen LogP contribution in [-0.4, -0.2) is 11.2 Å². The summed E-state index contributed by atoms with van der Waals surface area (Å²) in [5.74, 6) is 0.501. The van der Waals surface area contributed by atoms with Crippen LogP contribution in [0.4, 0.5) is 4.39 Å². The maximum atomic E-state index is 14.1. The fourth-order valence-corrected chi connectivity index (χ4v) is 3.74. The lowest BCUT2D eigenvalue weighted by Crippen LogP contribution is -2.41. The van der Waals surface area contributed by atoms with Gasteiger partial charge in [0.25, 0.3) is 0 Å². The first-order valence-electron chi connectivity index (χ1n) is 6.96. The minimum Gasteiger partial charge on any atom is -0.393 e. The highest BCUT2D eigenvalue weighted by Gasteiger charge is 2.40. The quantitative estimate of drug-likeness (QED) is 0.836. The van der Waals surface area contributed by atoms with Crippen LogP contribution in [0.5, 0.6) is 0 Å². The van der Waals surface area contributed by atoms with E-state index in [-0.39, 0.29) is 23.3 Å². The average molecular weight is 329 g/mol. The van der Waals surface area contributed by atoms with Gasteiger partial charge in [0.15, 0.2) is 0 Å². The van der Waals surface area contributed by atoms with Crippen LogP contribution < -0.4 is 0 Å². The van der Waals surface area contributed by atoms with Crippen molar-refractivity contribution in [3.63, 3.8) is 0 Å². The molecule has 0 amide bonds. The van der Waals surface area contributed by atoms with Gasteiger partial charge in [-0.25, -0.2) is 4.39 Å². The predicted octanol–water partition coefficient (Wildman–Crippen LogP) is 4.66. The molecular weight excluding hydrogens is 307 g/mol. The fraction of sp³-hybridized carbons (Fsp3) is 0.625. The molecule has 1 N–H and O–H groups in total. The Bertz CT molecular complexity index is 458. The number of benzene rings is 1. The van der Waals surface area contributed by atoms with Gasteiger partial charge in [0.1, 0.15) is 5.82 Å². The number of aliphatic hydroxyl groups excluding tert-OH is 1. The van der Waals surface area contributed by atoms with E-state index in [2.05, 4.69) is 22.9 Å². The third-order valence-corrected chi connectivity index (χ3v) is 5.12. The molecule has 1 aliphatic carbocycles. The van der Waals surface area contributed by atoms with E-state index < -0.39 is 0 Å². The first-order chi connectivity index (χ1) is 8.82. The second-order valence-electron chi connectivity index (χ2n) is 6.44. The SMILES string of the molecule is CC1CCC(C(C)(C)c2cc(Br)ccc2F)C(O)C1. The van der Waals surface area contributed by atoms with Crippen LogP contribution in [0.3, 0.4) is 0 Å². The molecule has 1 nitrogen and oxygen atoms in total. The lowest BCUT2D eigenvalue weighted by atomic mass is 9.64. The first-order valence-corrected chi connectivity index (χ1v) is 7.75. The van der Waals surface area contributed by atoms with Gasteiger partial charge >= 0.3 is 0 Å². The van der Waals surface area contributed by atoms with Crippen molar-refractivity contribution in [3.05, 3.63) is 34.1 Å². The number of hydrogen-bond donors (Lipinski definition) is 1. The van der Waals surface area contributed by atoms with E-state index in [0.29, 0.717) is 11.5 Å². The first kappa shape index (κ1) is 15.0. The molecule has 2 rings (SSSR count). The van der Waals surface area contributed by atoms with E-state index in [0.717, 1.165) is 23.7 Å². The van der Waals surface area contributed by atoms with E-state index in [1.165, 1.54) is 6.07 Å². The summed E-state index contributed by atoms with van der Waals surface area (Å²) < 4.78 is 15.0. The van der Waals surface area contributed by atoms with Gasteiger partial charge in [-0.2, -0.15) is 0 Å². The van der Waals surface area contributed by atoms with E-state index in [4.69, 9.17) is 0 Å². The van der Waals surface area contributed by atoms with Crippen molar-refractivity contribution in [1.29, 1.82) is 0 Å². The van der Waals surface area contributed by atoms with Crippen LogP contribution in [0.25, 0.3) is 0 Å². The van der Waals surface area contributed by atoms with Crippen LogP contribution in [0.15, 0.2) is 22.7 Å². The second-order valence-corrected chi connectivity index (χ2v) is 7.35. The lowest BCUT2D eigenvalue weighted by molar-refractivity contribution is 0.0135. The van der Waals surface area contributed by atoms with Gasteiger partial charge in [0.05, 0.1) is 6.10 Å². The highest BCUT2D eigenvalue weighted by molar-refractivity contribution is 9.10. The molecule has 1 saturated carbocycles. The molecule has 19 heavy (non-hydrogen) atoms. The summed E-state index contributed by atoms with van der Waals surface area (Å²) in [6.45, 7) is 6.26. The molecule has 0 spiro atoms. The minimum atomic E-state index is -0.354. The van der Waals surface area contributed by atoms with Gasteiger partial charge in [-0.3, -0.25) is 0 Å². The molecule has 0 radical (unpaired) electrons. The molecule has 106 valence electrons. The molecular formula is C16H22BrFO. The summed E-state index contributed by atoms with van der Waals surface area (Å²) in [4.78, 5) is 0. The third-order valence-electron chi connectivity index (χ3n) is 4.63. The van der Waals surface area contributed by atoms with Crippen molar-refractivity contribution in [2.24, 2.45) is 11.8 Å². The Labute approximate surface area is 123 Å². The van der Waals surface area contributed by atoms with Crippen LogP contribution in [0.2, 0.25) is 0 Å². The molecule has 0 heterocycles. The van der Waals surface area contributed by atoms with Gasteiger partial charge in [0.2, 0.25) is 0 Å². The highest BCUT2D eigenvalue weighted by atomic mass is 79.9. The van der Waals surface area contributed by atoms with Gasteiger partial charge in [0, 0.05) is 4.47 Å². The molecule has 1 aromatic carbocycles. The molecule has 3 heteroatoms. The predicted molar refractivity (Wildman–Crippen MR) is 79.6 cm³/mol. The zero-order valence-corrected chi connectivity index (χ0v) is 13.4. The normalized spacial score (nSPS) is 28.4. The Kier molecular flexibility index (Phi) is 4.36. The lowest BCUT2D eigenvalue weighted by Gasteiger charge is -2.42. The van der Waals surface area contributed by atoms with Gasteiger partial charge in [-0.1, -0.05) is 43.1 Å². The number of aliphatic hydroxyl groups is 1. The van der Waals surface area contributed by atoms with Gasteiger partial charge < -0.3 is 5.11 Å².